The van der Waals surface area contributed by atoms with Gasteiger partial charge in [-0.05, 0) is 71.8 Å². The first-order valence-electron chi connectivity index (χ1n) is 10.2. The Morgan fingerprint density at radius 2 is 1.03 bits per heavy atom. The van der Waals surface area contributed by atoms with E-state index < -0.39 is 0 Å². The molecule has 0 N–H and O–H groups in total. The molecule has 4 aromatic rings. The van der Waals surface area contributed by atoms with Crippen molar-refractivity contribution in [1.29, 1.82) is 0 Å². The van der Waals surface area contributed by atoms with Crippen molar-refractivity contribution in [3.05, 3.63) is 122 Å². The van der Waals surface area contributed by atoms with E-state index in [0.717, 1.165) is 20.1 Å². The maximum absolute atomic E-state index is 12.4. The van der Waals surface area contributed by atoms with Crippen molar-refractivity contribution >= 4 is 43.2 Å². The van der Waals surface area contributed by atoms with Gasteiger partial charge in [0, 0.05) is 26.2 Å². The first-order chi connectivity index (χ1) is 16.0. The molecule has 5 nitrogen and oxygen atoms in total. The third-order valence-corrected chi connectivity index (χ3v) is 5.80. The topological polar surface area (TPSA) is 56.9 Å². The van der Waals surface area contributed by atoms with E-state index in [2.05, 4.69) is 37.0 Å². The molecule has 0 fully saturated rings. The summed E-state index contributed by atoms with van der Waals surface area (Å²) in [6.45, 7) is 0.919. The van der Waals surface area contributed by atoms with Gasteiger partial charge in [0.1, 0.15) is 30.4 Å². The van der Waals surface area contributed by atoms with Crippen LogP contribution >= 0.6 is 31.9 Å². The SMILES string of the molecule is [O-][N+](=Nc1ccc(OCc2ccc(Br)cc2)cc1)c1ccc(OCc2ccc(Br)cc2)cc1. The van der Waals surface area contributed by atoms with Gasteiger partial charge in [-0.1, -0.05) is 61.0 Å². The Balaban J connectivity index is 1.32. The van der Waals surface area contributed by atoms with E-state index in [1.165, 1.54) is 0 Å². The summed E-state index contributed by atoms with van der Waals surface area (Å²) in [6, 6.07) is 29.9. The fraction of sp³-hybridized carbons (Fsp3) is 0.0769. The van der Waals surface area contributed by atoms with Gasteiger partial charge in [-0.2, -0.15) is 0 Å². The Bertz CT molecular complexity index is 1210. The third-order valence-electron chi connectivity index (χ3n) is 4.74. The molecule has 0 spiro atoms. The first kappa shape index (κ1) is 23.0. The van der Waals surface area contributed by atoms with Crippen molar-refractivity contribution in [2.75, 3.05) is 0 Å². The minimum Gasteiger partial charge on any atom is -0.594 e. The molecule has 4 aromatic carbocycles. The standard InChI is InChI=1S/C26H20Br2N2O3/c27-21-5-1-19(2-6-21)17-32-25-13-9-23(10-14-25)29-30(31)24-11-15-26(16-12-24)33-18-20-3-7-22(28)8-4-20/h1-16H,17-18H2. The number of benzene rings is 4. The maximum atomic E-state index is 12.4. The highest BCUT2D eigenvalue weighted by molar-refractivity contribution is 9.10. The van der Waals surface area contributed by atoms with Crippen LogP contribution in [0.1, 0.15) is 11.1 Å². The summed E-state index contributed by atoms with van der Waals surface area (Å²) in [4.78, 5) is 0.593. The molecule has 0 aliphatic rings. The quantitative estimate of drug-likeness (QED) is 0.122. The highest BCUT2D eigenvalue weighted by Gasteiger charge is 2.06. The zero-order valence-corrected chi connectivity index (χ0v) is 20.7. The van der Waals surface area contributed by atoms with Crippen molar-refractivity contribution in [1.82, 2.24) is 0 Å². The van der Waals surface area contributed by atoms with Crippen LogP contribution in [-0.2, 0) is 13.2 Å². The lowest BCUT2D eigenvalue weighted by molar-refractivity contribution is -0.435. The summed E-state index contributed by atoms with van der Waals surface area (Å²) in [5.74, 6) is 1.39. The summed E-state index contributed by atoms with van der Waals surface area (Å²) in [5.41, 5.74) is 3.09. The lowest BCUT2D eigenvalue weighted by atomic mass is 10.2. The Kier molecular flexibility index (Phi) is 7.75. The van der Waals surface area contributed by atoms with Crippen LogP contribution in [0.3, 0.4) is 0 Å². The summed E-state index contributed by atoms with van der Waals surface area (Å²) >= 11 is 6.83. The second kappa shape index (κ2) is 11.1. The molecule has 0 saturated carbocycles. The van der Waals surface area contributed by atoms with Gasteiger partial charge < -0.3 is 14.7 Å². The Labute approximate surface area is 209 Å². The maximum Gasteiger partial charge on any atom is 0.245 e. The molecule has 4 rings (SSSR count). The number of ether oxygens (including phenoxy) is 2. The molecule has 0 heterocycles. The zero-order valence-electron chi connectivity index (χ0n) is 17.5. The minimum atomic E-state index is 0.418. The van der Waals surface area contributed by atoms with Gasteiger partial charge in [0.25, 0.3) is 0 Å². The molecule has 33 heavy (non-hydrogen) atoms. The summed E-state index contributed by atoms with van der Waals surface area (Å²) in [6.07, 6.45) is 0. The van der Waals surface area contributed by atoms with Gasteiger partial charge >= 0.3 is 0 Å². The monoisotopic (exact) mass is 566 g/mol. The van der Waals surface area contributed by atoms with E-state index in [4.69, 9.17) is 9.47 Å². The molecule has 0 atom stereocenters. The molecule has 166 valence electrons. The van der Waals surface area contributed by atoms with E-state index in [9.17, 15) is 5.21 Å². The molecule has 0 unspecified atom stereocenters. The highest BCUT2D eigenvalue weighted by Crippen LogP contribution is 2.24. The Morgan fingerprint density at radius 3 is 1.48 bits per heavy atom. The third kappa shape index (κ3) is 6.91. The normalized spacial score (nSPS) is 11.3. The van der Waals surface area contributed by atoms with Crippen LogP contribution in [0.2, 0.25) is 0 Å². The van der Waals surface area contributed by atoms with Crippen LogP contribution in [0.4, 0.5) is 11.4 Å². The largest absolute Gasteiger partial charge is 0.594 e. The number of hydrogen-bond acceptors (Lipinski definition) is 4. The summed E-state index contributed by atoms with van der Waals surface area (Å²) < 4.78 is 13.6. The zero-order chi connectivity index (χ0) is 23.0. The molecular weight excluding hydrogens is 548 g/mol. The number of azo groups is 1. The fourth-order valence-electron chi connectivity index (χ4n) is 2.94. The lowest BCUT2D eigenvalue weighted by Crippen LogP contribution is -1.96. The van der Waals surface area contributed by atoms with Gasteiger partial charge in [0.05, 0.1) is 0 Å². The average molecular weight is 568 g/mol. The van der Waals surface area contributed by atoms with Gasteiger partial charge in [0.15, 0.2) is 0 Å². The number of rotatable bonds is 8. The predicted octanol–water partition coefficient (Wildman–Crippen LogP) is 8.30. The average Bonchev–Trinajstić information content (AvgIpc) is 2.84. The second-order valence-corrected chi connectivity index (χ2v) is 9.02. The summed E-state index contributed by atoms with van der Waals surface area (Å²) in [5, 5.41) is 16.5. The molecule has 0 saturated heterocycles. The van der Waals surface area contributed by atoms with Crippen LogP contribution < -0.4 is 9.47 Å². The molecular formula is C26H20Br2N2O3. The van der Waals surface area contributed by atoms with E-state index >= 15 is 0 Å². The Hall–Kier alpha value is -3.16. The molecule has 0 amide bonds. The van der Waals surface area contributed by atoms with Crippen molar-refractivity contribution in [3.8, 4) is 11.5 Å². The van der Waals surface area contributed by atoms with E-state index in [1.807, 2.05) is 48.5 Å². The number of hydrogen-bond donors (Lipinski definition) is 0. The predicted molar refractivity (Wildman–Crippen MR) is 135 cm³/mol. The highest BCUT2D eigenvalue weighted by atomic mass is 79.9. The van der Waals surface area contributed by atoms with E-state index in [1.54, 1.807) is 48.5 Å². The molecule has 0 bridgehead atoms. The second-order valence-electron chi connectivity index (χ2n) is 7.19. The van der Waals surface area contributed by atoms with Crippen molar-refractivity contribution in [2.45, 2.75) is 13.2 Å². The number of nitrogens with zero attached hydrogens (tertiary/aromatic N) is 2. The van der Waals surface area contributed by atoms with E-state index in [-0.39, 0.29) is 0 Å². The van der Waals surface area contributed by atoms with Crippen molar-refractivity contribution < 1.29 is 14.3 Å². The number of halogens is 2. The van der Waals surface area contributed by atoms with Gasteiger partial charge in [-0.25, -0.2) is 0 Å². The van der Waals surface area contributed by atoms with Crippen LogP contribution in [0.5, 0.6) is 11.5 Å². The van der Waals surface area contributed by atoms with Crippen molar-refractivity contribution in [3.63, 3.8) is 0 Å². The minimum absolute atomic E-state index is 0.418. The van der Waals surface area contributed by atoms with Crippen LogP contribution in [0.25, 0.3) is 0 Å². The van der Waals surface area contributed by atoms with E-state index in [0.29, 0.717) is 40.9 Å². The molecule has 0 aliphatic heterocycles. The van der Waals surface area contributed by atoms with Gasteiger partial charge in [-0.3, -0.25) is 0 Å². The molecule has 0 aliphatic carbocycles. The first-order valence-corrected chi connectivity index (χ1v) is 11.8. The summed E-state index contributed by atoms with van der Waals surface area (Å²) in [7, 11) is 0. The molecule has 0 radical (unpaired) electrons. The molecule has 0 aromatic heterocycles. The smallest absolute Gasteiger partial charge is 0.245 e. The molecule has 7 heteroatoms. The van der Waals surface area contributed by atoms with Crippen molar-refractivity contribution in [2.24, 2.45) is 5.11 Å². The lowest BCUT2D eigenvalue weighted by Gasteiger charge is -2.07. The van der Waals surface area contributed by atoms with Crippen LogP contribution in [-0.4, -0.2) is 4.86 Å². The van der Waals surface area contributed by atoms with Gasteiger partial charge in [-0.15, -0.1) is 0 Å². The van der Waals surface area contributed by atoms with Crippen LogP contribution in [0, 0.1) is 5.21 Å². The Morgan fingerprint density at radius 1 is 0.606 bits per heavy atom. The van der Waals surface area contributed by atoms with Gasteiger partial charge in [0.2, 0.25) is 5.69 Å². The fourth-order valence-corrected chi connectivity index (χ4v) is 3.46. The van der Waals surface area contributed by atoms with Crippen LogP contribution in [0.15, 0.2) is 111 Å².